The highest BCUT2D eigenvalue weighted by molar-refractivity contribution is 5.92. The normalized spacial score (nSPS) is 10.8. The van der Waals surface area contributed by atoms with Crippen LogP contribution in [-0.2, 0) is 7.05 Å². The van der Waals surface area contributed by atoms with Crippen molar-refractivity contribution in [1.29, 1.82) is 0 Å². The van der Waals surface area contributed by atoms with E-state index in [1.54, 1.807) is 50.0 Å². The molecule has 9 heteroatoms. The number of carboxylic acids is 1. The van der Waals surface area contributed by atoms with Crippen LogP contribution in [0.5, 0.6) is 11.6 Å². The molecular weight excluding hydrogens is 424 g/mol. The Kier molecular flexibility index (Phi) is 5.95. The molecule has 0 saturated carbocycles. The summed E-state index contributed by atoms with van der Waals surface area (Å²) >= 11 is 0. The summed E-state index contributed by atoms with van der Waals surface area (Å²) < 4.78 is 13.6. The maximum atomic E-state index is 12.4. The Hall–Kier alpha value is -4.40. The van der Waals surface area contributed by atoms with Gasteiger partial charge in [0.25, 0.3) is 5.56 Å². The van der Waals surface area contributed by atoms with Crippen molar-refractivity contribution in [3.8, 4) is 39.6 Å². The van der Waals surface area contributed by atoms with Gasteiger partial charge in [0, 0.05) is 60.5 Å². The molecule has 168 valence electrons. The summed E-state index contributed by atoms with van der Waals surface area (Å²) in [5, 5.41) is 14.0. The smallest absolute Gasteiger partial charge is 0.337 e. The molecule has 0 aliphatic carbocycles. The molecule has 33 heavy (non-hydrogen) atoms. The molecule has 4 aromatic rings. The summed E-state index contributed by atoms with van der Waals surface area (Å²) in [6.45, 7) is 2.38. The Bertz CT molecular complexity index is 1370. The molecule has 0 aliphatic heterocycles. The number of benzene rings is 1. The molecule has 0 atom stereocenters. The highest BCUT2D eigenvalue weighted by Gasteiger charge is 2.17. The number of carboxylic acid groups (broad SMARTS) is 1. The van der Waals surface area contributed by atoms with Crippen molar-refractivity contribution in [2.45, 2.75) is 6.92 Å². The lowest BCUT2D eigenvalue weighted by atomic mass is 9.99. The summed E-state index contributed by atoms with van der Waals surface area (Å²) in [5.41, 5.74) is 3.14. The number of pyridine rings is 2. The van der Waals surface area contributed by atoms with Gasteiger partial charge in [0.15, 0.2) is 0 Å². The zero-order chi connectivity index (χ0) is 23.5. The fraction of sp³-hybridized carbons (Fsp3) is 0.167. The van der Waals surface area contributed by atoms with Crippen LogP contribution in [0.3, 0.4) is 0 Å². The summed E-state index contributed by atoms with van der Waals surface area (Å²) in [7, 11) is 3.18. The fourth-order valence-corrected chi connectivity index (χ4v) is 3.47. The van der Waals surface area contributed by atoms with Crippen molar-refractivity contribution in [3.05, 3.63) is 77.1 Å². The molecule has 3 aromatic heterocycles. The van der Waals surface area contributed by atoms with Crippen LogP contribution in [0.4, 0.5) is 0 Å². The second-order valence-electron chi connectivity index (χ2n) is 7.23. The minimum Gasteiger partial charge on any atom is -0.497 e. The third kappa shape index (κ3) is 4.33. The summed E-state index contributed by atoms with van der Waals surface area (Å²) in [4.78, 5) is 28.4. The van der Waals surface area contributed by atoms with E-state index in [1.807, 2.05) is 13.0 Å². The first kappa shape index (κ1) is 21.8. The van der Waals surface area contributed by atoms with Gasteiger partial charge in [-0.05, 0) is 30.7 Å². The molecular formula is C24H22N4O5. The maximum absolute atomic E-state index is 12.4. The Morgan fingerprint density at radius 2 is 1.88 bits per heavy atom. The number of carbonyl (C=O) groups is 1. The maximum Gasteiger partial charge on any atom is 0.337 e. The minimum atomic E-state index is -1.08. The van der Waals surface area contributed by atoms with Gasteiger partial charge in [-0.2, -0.15) is 5.10 Å². The molecule has 1 aromatic carbocycles. The highest BCUT2D eigenvalue weighted by atomic mass is 16.5. The van der Waals surface area contributed by atoms with Gasteiger partial charge in [-0.25, -0.2) is 14.5 Å². The lowest BCUT2D eigenvalue weighted by Gasteiger charge is -2.11. The van der Waals surface area contributed by atoms with E-state index < -0.39 is 5.97 Å². The Balaban J connectivity index is 1.83. The standard InChI is InChI=1S/C24H22N4O5/c1-4-33-22-8-5-15(11-25-22)19-10-23(29)27(2)14-20(19)16-12-26-28(13-16)21-9-17(32-3)6-7-18(21)24(30)31/h5-14H,4H2,1-3H3,(H,30,31). The number of aromatic carboxylic acids is 1. The summed E-state index contributed by atoms with van der Waals surface area (Å²) in [6, 6.07) is 9.79. The van der Waals surface area contributed by atoms with Gasteiger partial charge in [0.2, 0.25) is 5.88 Å². The molecule has 1 N–H and O–H groups in total. The van der Waals surface area contributed by atoms with Crippen LogP contribution in [0.15, 0.2) is 66.0 Å². The number of aromatic nitrogens is 4. The van der Waals surface area contributed by atoms with E-state index >= 15 is 0 Å². The average molecular weight is 446 g/mol. The first-order valence-electron chi connectivity index (χ1n) is 10.2. The molecule has 0 radical (unpaired) electrons. The molecule has 0 spiro atoms. The van der Waals surface area contributed by atoms with Crippen molar-refractivity contribution >= 4 is 5.97 Å². The number of nitrogens with zero attached hydrogens (tertiary/aromatic N) is 4. The van der Waals surface area contributed by atoms with Crippen molar-refractivity contribution in [2.24, 2.45) is 7.05 Å². The Morgan fingerprint density at radius 1 is 1.06 bits per heavy atom. The van der Waals surface area contributed by atoms with E-state index in [0.717, 1.165) is 11.1 Å². The molecule has 0 bridgehead atoms. The van der Waals surface area contributed by atoms with Crippen LogP contribution in [0.1, 0.15) is 17.3 Å². The van der Waals surface area contributed by atoms with Crippen LogP contribution < -0.4 is 15.0 Å². The number of ether oxygens (including phenoxy) is 2. The summed E-state index contributed by atoms with van der Waals surface area (Å²) in [6.07, 6.45) is 6.71. The summed E-state index contributed by atoms with van der Waals surface area (Å²) in [5.74, 6) is -0.0676. The fourth-order valence-electron chi connectivity index (χ4n) is 3.47. The molecule has 0 aliphatic rings. The van der Waals surface area contributed by atoms with Crippen molar-refractivity contribution in [3.63, 3.8) is 0 Å². The second kappa shape index (κ2) is 8.99. The van der Waals surface area contributed by atoms with Crippen molar-refractivity contribution in [2.75, 3.05) is 13.7 Å². The topological polar surface area (TPSA) is 108 Å². The third-order valence-electron chi connectivity index (χ3n) is 5.14. The van der Waals surface area contributed by atoms with E-state index in [9.17, 15) is 14.7 Å². The minimum absolute atomic E-state index is 0.0850. The molecule has 0 fully saturated rings. The number of methoxy groups -OCH3 is 1. The van der Waals surface area contributed by atoms with Crippen LogP contribution in [0.25, 0.3) is 27.9 Å². The number of hydrogen-bond donors (Lipinski definition) is 1. The second-order valence-corrected chi connectivity index (χ2v) is 7.23. The van der Waals surface area contributed by atoms with E-state index in [2.05, 4.69) is 10.1 Å². The third-order valence-corrected chi connectivity index (χ3v) is 5.14. The van der Waals surface area contributed by atoms with E-state index in [0.29, 0.717) is 35.1 Å². The van der Waals surface area contributed by atoms with Gasteiger partial charge in [0.05, 0.1) is 31.2 Å². The first-order chi connectivity index (χ1) is 15.9. The molecule has 4 rings (SSSR count). The van der Waals surface area contributed by atoms with Crippen molar-refractivity contribution < 1.29 is 19.4 Å². The Morgan fingerprint density at radius 3 is 2.55 bits per heavy atom. The van der Waals surface area contributed by atoms with Crippen LogP contribution >= 0.6 is 0 Å². The van der Waals surface area contributed by atoms with Gasteiger partial charge >= 0.3 is 5.97 Å². The Labute approximate surface area is 189 Å². The van der Waals surface area contributed by atoms with E-state index in [4.69, 9.17) is 9.47 Å². The van der Waals surface area contributed by atoms with Crippen LogP contribution in [0.2, 0.25) is 0 Å². The first-order valence-corrected chi connectivity index (χ1v) is 10.2. The van der Waals surface area contributed by atoms with Gasteiger partial charge in [-0.3, -0.25) is 4.79 Å². The van der Waals surface area contributed by atoms with Gasteiger partial charge in [-0.1, -0.05) is 0 Å². The van der Waals surface area contributed by atoms with Gasteiger partial charge < -0.3 is 19.1 Å². The molecule has 0 amide bonds. The zero-order valence-electron chi connectivity index (χ0n) is 18.3. The monoisotopic (exact) mass is 446 g/mol. The van der Waals surface area contributed by atoms with Crippen LogP contribution in [0, 0.1) is 0 Å². The molecule has 9 nitrogen and oxygen atoms in total. The highest BCUT2D eigenvalue weighted by Crippen LogP contribution is 2.32. The lowest BCUT2D eigenvalue weighted by Crippen LogP contribution is -2.15. The number of hydrogen-bond acceptors (Lipinski definition) is 6. The largest absolute Gasteiger partial charge is 0.497 e. The molecule has 3 heterocycles. The SMILES string of the molecule is CCOc1ccc(-c2cc(=O)n(C)cc2-c2cnn(-c3cc(OC)ccc3C(=O)O)c2)cn1. The molecule has 0 saturated heterocycles. The number of rotatable bonds is 7. The van der Waals surface area contributed by atoms with E-state index in [1.165, 1.54) is 28.5 Å². The predicted molar refractivity (Wildman–Crippen MR) is 122 cm³/mol. The molecule has 0 unspecified atom stereocenters. The van der Waals surface area contributed by atoms with Gasteiger partial charge in [0.1, 0.15) is 5.75 Å². The average Bonchev–Trinajstić information content (AvgIpc) is 3.31. The quantitative estimate of drug-likeness (QED) is 0.463. The van der Waals surface area contributed by atoms with E-state index in [-0.39, 0.29) is 11.1 Å². The van der Waals surface area contributed by atoms with Gasteiger partial charge in [-0.15, -0.1) is 0 Å². The predicted octanol–water partition coefficient (Wildman–Crippen LogP) is 3.41. The van der Waals surface area contributed by atoms with Crippen molar-refractivity contribution in [1.82, 2.24) is 19.3 Å². The van der Waals surface area contributed by atoms with Crippen LogP contribution in [-0.4, -0.2) is 44.1 Å². The lowest BCUT2D eigenvalue weighted by molar-refractivity contribution is 0.0696. The number of aryl methyl sites for hydroxylation is 1. The zero-order valence-corrected chi connectivity index (χ0v) is 18.3.